The predicted octanol–water partition coefficient (Wildman–Crippen LogP) is 2.91. The molecular formula is C12H19NOS. The highest BCUT2D eigenvalue weighted by molar-refractivity contribution is 7.99. The van der Waals surface area contributed by atoms with Gasteiger partial charge in [0.15, 0.2) is 0 Å². The fourth-order valence-electron chi connectivity index (χ4n) is 1.31. The van der Waals surface area contributed by atoms with Gasteiger partial charge < -0.3 is 10.5 Å². The van der Waals surface area contributed by atoms with Crippen molar-refractivity contribution < 1.29 is 4.74 Å². The normalized spacial score (nSPS) is 12.5. The van der Waals surface area contributed by atoms with Crippen molar-refractivity contribution in [1.82, 2.24) is 0 Å². The zero-order chi connectivity index (χ0) is 11.1. The first kappa shape index (κ1) is 12.4. The van der Waals surface area contributed by atoms with Crippen LogP contribution in [0.1, 0.15) is 20.3 Å². The summed E-state index contributed by atoms with van der Waals surface area (Å²) in [6, 6.07) is 8.23. The van der Waals surface area contributed by atoms with Gasteiger partial charge in [-0.1, -0.05) is 6.92 Å². The van der Waals surface area contributed by atoms with Gasteiger partial charge in [-0.3, -0.25) is 0 Å². The summed E-state index contributed by atoms with van der Waals surface area (Å²) >= 11 is 1.86. The minimum absolute atomic E-state index is 0.577. The van der Waals surface area contributed by atoms with Gasteiger partial charge in [-0.2, -0.15) is 0 Å². The van der Waals surface area contributed by atoms with Gasteiger partial charge in [0, 0.05) is 10.1 Å². The first-order valence-electron chi connectivity index (χ1n) is 5.35. The van der Waals surface area contributed by atoms with Crippen LogP contribution in [0.5, 0.6) is 5.75 Å². The lowest BCUT2D eigenvalue weighted by Crippen LogP contribution is -2.06. The molecule has 0 spiro atoms. The smallest absolute Gasteiger partial charge is 0.119 e. The van der Waals surface area contributed by atoms with E-state index in [-0.39, 0.29) is 0 Å². The van der Waals surface area contributed by atoms with Crippen molar-refractivity contribution in [2.45, 2.75) is 30.4 Å². The van der Waals surface area contributed by atoms with Crippen molar-refractivity contribution >= 4 is 11.8 Å². The van der Waals surface area contributed by atoms with Crippen LogP contribution in [0.2, 0.25) is 0 Å². The van der Waals surface area contributed by atoms with E-state index < -0.39 is 0 Å². The summed E-state index contributed by atoms with van der Waals surface area (Å²) in [5.74, 6) is 0.938. The Morgan fingerprint density at radius 3 is 2.53 bits per heavy atom. The van der Waals surface area contributed by atoms with Crippen LogP contribution in [0.25, 0.3) is 0 Å². The van der Waals surface area contributed by atoms with Crippen LogP contribution in [-0.4, -0.2) is 18.4 Å². The number of hydrogen-bond acceptors (Lipinski definition) is 3. The van der Waals surface area contributed by atoms with E-state index in [9.17, 15) is 0 Å². The molecule has 0 bridgehead atoms. The van der Waals surface area contributed by atoms with Crippen LogP contribution < -0.4 is 10.5 Å². The third-order valence-corrected chi connectivity index (χ3v) is 3.23. The topological polar surface area (TPSA) is 35.2 Å². The van der Waals surface area contributed by atoms with Gasteiger partial charge in [0.05, 0.1) is 6.61 Å². The second-order valence-corrected chi connectivity index (χ2v) is 4.92. The summed E-state index contributed by atoms with van der Waals surface area (Å²) in [5.41, 5.74) is 5.51. The minimum Gasteiger partial charge on any atom is -0.494 e. The summed E-state index contributed by atoms with van der Waals surface area (Å²) in [6.45, 7) is 5.67. The van der Waals surface area contributed by atoms with Crippen LogP contribution in [0.3, 0.4) is 0 Å². The fraction of sp³-hybridized carbons (Fsp3) is 0.500. The fourth-order valence-corrected chi connectivity index (χ4v) is 2.32. The molecule has 15 heavy (non-hydrogen) atoms. The van der Waals surface area contributed by atoms with E-state index in [0.717, 1.165) is 25.3 Å². The number of ether oxygens (including phenoxy) is 1. The molecule has 1 aromatic carbocycles. The van der Waals surface area contributed by atoms with Gasteiger partial charge in [0.25, 0.3) is 0 Å². The van der Waals surface area contributed by atoms with E-state index in [4.69, 9.17) is 10.5 Å². The van der Waals surface area contributed by atoms with Crippen molar-refractivity contribution in [1.29, 1.82) is 0 Å². The summed E-state index contributed by atoms with van der Waals surface area (Å²) in [6.07, 6.45) is 1.05. The molecule has 1 aromatic rings. The van der Waals surface area contributed by atoms with Gasteiger partial charge in [0.1, 0.15) is 5.75 Å². The summed E-state index contributed by atoms with van der Waals surface area (Å²) < 4.78 is 5.38. The maximum absolute atomic E-state index is 5.51. The molecule has 0 aliphatic rings. The zero-order valence-electron chi connectivity index (χ0n) is 9.40. The molecule has 1 unspecified atom stereocenters. The Morgan fingerprint density at radius 1 is 1.33 bits per heavy atom. The third kappa shape index (κ3) is 4.58. The molecule has 0 fully saturated rings. The highest BCUT2D eigenvalue weighted by Crippen LogP contribution is 2.26. The average Bonchev–Trinajstić information content (AvgIpc) is 2.22. The van der Waals surface area contributed by atoms with Gasteiger partial charge in [-0.25, -0.2) is 0 Å². The first-order chi connectivity index (χ1) is 7.26. The molecule has 0 saturated carbocycles. The van der Waals surface area contributed by atoms with E-state index in [0.29, 0.717) is 5.25 Å². The Balaban J connectivity index is 2.48. The molecule has 0 radical (unpaired) electrons. The first-order valence-corrected chi connectivity index (χ1v) is 6.23. The summed E-state index contributed by atoms with van der Waals surface area (Å²) in [5, 5.41) is 0.577. The monoisotopic (exact) mass is 225 g/mol. The molecule has 0 heterocycles. The van der Waals surface area contributed by atoms with Crippen molar-refractivity contribution in [3.8, 4) is 5.75 Å². The van der Waals surface area contributed by atoms with E-state index in [1.54, 1.807) is 0 Å². The zero-order valence-corrected chi connectivity index (χ0v) is 10.2. The molecule has 2 N–H and O–H groups in total. The van der Waals surface area contributed by atoms with Gasteiger partial charge in [-0.05, 0) is 44.2 Å². The Kier molecular flexibility index (Phi) is 5.58. The Morgan fingerprint density at radius 2 is 2.00 bits per heavy atom. The molecule has 2 nitrogen and oxygen atoms in total. The lowest BCUT2D eigenvalue weighted by molar-refractivity contribution is 0.340. The molecule has 1 rings (SSSR count). The van der Waals surface area contributed by atoms with Gasteiger partial charge >= 0.3 is 0 Å². The van der Waals surface area contributed by atoms with Crippen LogP contribution in [0.15, 0.2) is 29.2 Å². The Labute approximate surface area is 96.2 Å². The van der Waals surface area contributed by atoms with Crippen LogP contribution in [0.4, 0.5) is 0 Å². The number of thioether (sulfide) groups is 1. The second-order valence-electron chi connectivity index (χ2n) is 3.41. The van der Waals surface area contributed by atoms with Crippen LogP contribution in [-0.2, 0) is 0 Å². The van der Waals surface area contributed by atoms with Gasteiger partial charge in [0.2, 0.25) is 0 Å². The van der Waals surface area contributed by atoms with Crippen LogP contribution >= 0.6 is 11.8 Å². The number of hydrogen-bond donors (Lipinski definition) is 1. The molecule has 1 atom stereocenters. The van der Waals surface area contributed by atoms with E-state index >= 15 is 0 Å². The molecule has 0 aliphatic carbocycles. The second kappa shape index (κ2) is 6.75. The molecular weight excluding hydrogens is 206 g/mol. The molecule has 3 heteroatoms. The summed E-state index contributed by atoms with van der Waals surface area (Å²) in [7, 11) is 0. The highest BCUT2D eigenvalue weighted by Gasteiger charge is 2.03. The molecule has 0 amide bonds. The quantitative estimate of drug-likeness (QED) is 0.756. The van der Waals surface area contributed by atoms with E-state index in [1.807, 2.05) is 30.8 Å². The Hall–Kier alpha value is -0.670. The lowest BCUT2D eigenvalue weighted by Gasteiger charge is -2.10. The van der Waals surface area contributed by atoms with Crippen molar-refractivity contribution in [2.24, 2.45) is 5.73 Å². The van der Waals surface area contributed by atoms with E-state index in [2.05, 4.69) is 19.1 Å². The number of nitrogens with two attached hydrogens (primary N) is 1. The van der Waals surface area contributed by atoms with Gasteiger partial charge in [-0.15, -0.1) is 11.8 Å². The highest BCUT2D eigenvalue weighted by atomic mass is 32.2. The van der Waals surface area contributed by atoms with Crippen molar-refractivity contribution in [3.63, 3.8) is 0 Å². The molecule has 0 aliphatic heterocycles. The molecule has 84 valence electrons. The third-order valence-electron chi connectivity index (χ3n) is 2.05. The number of rotatable bonds is 6. The van der Waals surface area contributed by atoms with Crippen molar-refractivity contribution in [3.05, 3.63) is 24.3 Å². The predicted molar refractivity (Wildman–Crippen MR) is 66.6 cm³/mol. The molecule has 0 aromatic heterocycles. The minimum atomic E-state index is 0.577. The maximum atomic E-state index is 5.51. The largest absolute Gasteiger partial charge is 0.494 e. The Bertz CT molecular complexity index is 273. The summed E-state index contributed by atoms with van der Waals surface area (Å²) in [4.78, 5) is 1.28. The maximum Gasteiger partial charge on any atom is 0.119 e. The van der Waals surface area contributed by atoms with E-state index in [1.165, 1.54) is 4.90 Å². The lowest BCUT2D eigenvalue weighted by atomic mass is 10.3. The standard InChI is InChI=1S/C12H19NOS/c1-3-14-11-4-6-12(7-5-11)15-10(2)8-9-13/h4-7,10H,3,8-9,13H2,1-2H3. The SMILES string of the molecule is CCOc1ccc(SC(C)CCN)cc1. The average molecular weight is 225 g/mol. The number of benzene rings is 1. The van der Waals surface area contributed by atoms with Crippen LogP contribution in [0, 0.1) is 0 Å². The molecule has 0 saturated heterocycles. The van der Waals surface area contributed by atoms with Crippen molar-refractivity contribution in [2.75, 3.05) is 13.2 Å².